The van der Waals surface area contributed by atoms with Crippen LogP contribution in [0.5, 0.6) is 5.75 Å². The number of hydrogen-bond acceptors (Lipinski definition) is 4. The van der Waals surface area contributed by atoms with Gasteiger partial charge in [0.25, 0.3) is 0 Å². The maximum Gasteiger partial charge on any atom is 0.136 e. The number of benzene rings is 2. The summed E-state index contributed by atoms with van der Waals surface area (Å²) in [6.07, 6.45) is 4.41. The summed E-state index contributed by atoms with van der Waals surface area (Å²) in [6.45, 7) is 2.14. The highest BCUT2D eigenvalue weighted by atomic mass is 16.5. The van der Waals surface area contributed by atoms with Crippen LogP contribution in [0.25, 0.3) is 5.76 Å². The molecular formula is C22H21N3O. The Morgan fingerprint density at radius 1 is 1.00 bits per heavy atom. The third kappa shape index (κ3) is 3.14. The molecule has 0 radical (unpaired) electrons. The molecule has 1 unspecified atom stereocenters. The summed E-state index contributed by atoms with van der Waals surface area (Å²) in [6, 6.07) is 20.0. The predicted molar refractivity (Wildman–Crippen MR) is 106 cm³/mol. The number of rotatable bonds is 4. The molecule has 1 aromatic heterocycles. The van der Waals surface area contributed by atoms with Crippen LogP contribution >= 0.6 is 0 Å². The summed E-state index contributed by atoms with van der Waals surface area (Å²) in [5.41, 5.74) is 11.2. The lowest BCUT2D eigenvalue weighted by Crippen LogP contribution is -2.25. The van der Waals surface area contributed by atoms with Crippen molar-refractivity contribution >= 4 is 17.1 Å². The van der Waals surface area contributed by atoms with Crippen LogP contribution in [0.3, 0.4) is 0 Å². The Bertz CT molecular complexity index is 950. The van der Waals surface area contributed by atoms with Crippen LogP contribution in [0.1, 0.15) is 18.1 Å². The molecule has 1 aliphatic heterocycles. The van der Waals surface area contributed by atoms with E-state index >= 15 is 0 Å². The number of nitrogen functional groups attached to an aromatic ring is 1. The minimum atomic E-state index is 0.0659. The second-order valence-corrected chi connectivity index (χ2v) is 6.43. The average Bonchev–Trinajstić information content (AvgIpc) is 2.69. The van der Waals surface area contributed by atoms with Crippen LogP contribution < -0.4 is 15.8 Å². The first-order chi connectivity index (χ1) is 12.7. The van der Waals surface area contributed by atoms with Crippen molar-refractivity contribution in [3.8, 4) is 5.75 Å². The summed E-state index contributed by atoms with van der Waals surface area (Å²) in [4.78, 5) is 4.12. The topological polar surface area (TPSA) is 60.2 Å². The summed E-state index contributed by atoms with van der Waals surface area (Å²) in [7, 11) is 0. The van der Waals surface area contributed by atoms with E-state index in [-0.39, 0.29) is 6.04 Å². The van der Waals surface area contributed by atoms with Crippen LogP contribution in [0.2, 0.25) is 0 Å². The summed E-state index contributed by atoms with van der Waals surface area (Å²) >= 11 is 0. The molecule has 0 amide bonds. The first-order valence-electron chi connectivity index (χ1n) is 8.72. The molecule has 2 heterocycles. The summed E-state index contributed by atoms with van der Waals surface area (Å²) in [5, 5.41) is 3.53. The largest absolute Gasteiger partial charge is 0.456 e. The van der Waals surface area contributed by atoms with Crippen LogP contribution in [0.4, 0.5) is 11.4 Å². The Balaban J connectivity index is 1.73. The lowest BCUT2D eigenvalue weighted by atomic mass is 9.93. The highest BCUT2D eigenvalue weighted by Crippen LogP contribution is 2.36. The van der Waals surface area contributed by atoms with E-state index in [1.807, 2.05) is 54.6 Å². The number of nitrogens with two attached hydrogens (primary N) is 1. The predicted octanol–water partition coefficient (Wildman–Crippen LogP) is 4.51. The van der Waals surface area contributed by atoms with Crippen LogP contribution in [-0.2, 0) is 6.42 Å². The molecule has 4 heteroatoms. The number of nitrogens with one attached hydrogen (secondary N) is 1. The van der Waals surface area contributed by atoms with Crippen LogP contribution in [0, 0.1) is 0 Å². The van der Waals surface area contributed by atoms with Gasteiger partial charge in [0.05, 0.1) is 11.4 Å². The van der Waals surface area contributed by atoms with E-state index in [9.17, 15) is 0 Å². The Hall–Kier alpha value is -3.27. The Labute approximate surface area is 153 Å². The fourth-order valence-corrected chi connectivity index (χ4v) is 3.26. The van der Waals surface area contributed by atoms with Gasteiger partial charge in [0.1, 0.15) is 11.5 Å². The molecular weight excluding hydrogens is 322 g/mol. The van der Waals surface area contributed by atoms with E-state index in [0.717, 1.165) is 34.9 Å². The van der Waals surface area contributed by atoms with Gasteiger partial charge in [-0.3, -0.25) is 4.98 Å². The molecule has 0 bridgehead atoms. The molecule has 26 heavy (non-hydrogen) atoms. The van der Waals surface area contributed by atoms with Crippen molar-refractivity contribution in [1.29, 1.82) is 0 Å². The number of aromatic nitrogens is 1. The monoisotopic (exact) mass is 343 g/mol. The highest BCUT2D eigenvalue weighted by molar-refractivity contribution is 5.72. The zero-order valence-corrected chi connectivity index (χ0v) is 14.6. The van der Waals surface area contributed by atoms with Gasteiger partial charge < -0.3 is 15.8 Å². The fourth-order valence-electron chi connectivity index (χ4n) is 3.26. The lowest BCUT2D eigenvalue weighted by molar-refractivity contribution is 0.486. The fraction of sp³-hybridized carbons (Fsp3) is 0.136. The van der Waals surface area contributed by atoms with Gasteiger partial charge in [0.15, 0.2) is 0 Å². The van der Waals surface area contributed by atoms with Crippen LogP contribution in [-0.4, -0.2) is 11.0 Å². The third-order valence-electron chi connectivity index (χ3n) is 4.66. The molecule has 1 atom stereocenters. The quantitative estimate of drug-likeness (QED) is 0.684. The van der Waals surface area contributed by atoms with Gasteiger partial charge in [-0.2, -0.15) is 0 Å². The smallest absolute Gasteiger partial charge is 0.136 e. The van der Waals surface area contributed by atoms with E-state index < -0.39 is 0 Å². The number of nitrogens with zero attached hydrogens (tertiary/aromatic N) is 1. The summed E-state index contributed by atoms with van der Waals surface area (Å²) < 4.78 is 6.30. The van der Waals surface area contributed by atoms with E-state index in [4.69, 9.17) is 10.5 Å². The number of fused-ring (bicyclic) bond motifs is 1. The lowest BCUT2D eigenvalue weighted by Gasteiger charge is -2.28. The van der Waals surface area contributed by atoms with Crippen LogP contribution in [0.15, 0.2) is 78.6 Å². The first kappa shape index (κ1) is 16.2. The Kier molecular flexibility index (Phi) is 4.32. The molecule has 4 nitrogen and oxygen atoms in total. The zero-order chi connectivity index (χ0) is 17.9. The van der Waals surface area contributed by atoms with Gasteiger partial charge >= 0.3 is 0 Å². The average molecular weight is 343 g/mol. The van der Waals surface area contributed by atoms with Gasteiger partial charge in [-0.15, -0.1) is 0 Å². The van der Waals surface area contributed by atoms with Crippen molar-refractivity contribution in [2.75, 3.05) is 11.1 Å². The molecule has 0 spiro atoms. The zero-order valence-electron chi connectivity index (χ0n) is 14.6. The van der Waals surface area contributed by atoms with E-state index in [1.165, 1.54) is 11.1 Å². The molecule has 0 aliphatic carbocycles. The van der Waals surface area contributed by atoms with Crippen molar-refractivity contribution in [3.05, 3.63) is 89.8 Å². The first-order valence-corrected chi connectivity index (χ1v) is 8.72. The van der Waals surface area contributed by atoms with E-state index in [2.05, 4.69) is 23.3 Å². The highest BCUT2D eigenvalue weighted by Gasteiger charge is 2.24. The number of para-hydroxylation sites is 3. The number of pyridine rings is 1. The maximum absolute atomic E-state index is 6.30. The number of anilines is 2. The number of hydrogen-bond donors (Lipinski definition) is 2. The summed E-state index contributed by atoms with van der Waals surface area (Å²) in [5.74, 6) is 1.80. The molecule has 1 aliphatic rings. The third-order valence-corrected chi connectivity index (χ3v) is 4.66. The van der Waals surface area contributed by atoms with Gasteiger partial charge in [0.2, 0.25) is 0 Å². The molecule has 2 aromatic carbocycles. The molecule has 3 aromatic rings. The van der Waals surface area contributed by atoms with Gasteiger partial charge in [-0.1, -0.05) is 30.3 Å². The molecule has 130 valence electrons. The molecule has 0 saturated heterocycles. The Morgan fingerprint density at radius 2 is 1.73 bits per heavy atom. The minimum absolute atomic E-state index is 0.0659. The van der Waals surface area contributed by atoms with Crippen molar-refractivity contribution in [1.82, 2.24) is 4.98 Å². The van der Waals surface area contributed by atoms with Gasteiger partial charge in [0, 0.05) is 30.4 Å². The molecule has 0 saturated carbocycles. The minimum Gasteiger partial charge on any atom is -0.456 e. The molecule has 3 N–H and O–H groups in total. The van der Waals surface area contributed by atoms with Gasteiger partial charge in [-0.05, 0) is 48.4 Å². The normalized spacial score (nSPS) is 14.3. The van der Waals surface area contributed by atoms with Gasteiger partial charge in [-0.25, -0.2) is 0 Å². The standard InChI is InChI=1S/C22H21N3O/c1-15(25-20-8-4-3-7-19(20)23)18-14-17-6-2-5-9-21(17)26-22(18)16-10-12-24-13-11-16/h2-13,15,25H,14,23H2,1H3. The number of ether oxygens (including phenoxy) is 1. The second-order valence-electron chi connectivity index (χ2n) is 6.43. The molecule has 0 fully saturated rings. The molecule has 4 rings (SSSR count). The van der Waals surface area contributed by atoms with Crippen molar-refractivity contribution < 1.29 is 4.74 Å². The SMILES string of the molecule is CC(Nc1ccccc1N)C1=C(c2ccncc2)Oc2ccccc2C1. The van der Waals surface area contributed by atoms with Crippen molar-refractivity contribution in [2.24, 2.45) is 0 Å². The van der Waals surface area contributed by atoms with E-state index in [1.54, 1.807) is 12.4 Å². The second kappa shape index (κ2) is 6.92. The maximum atomic E-state index is 6.30. The Morgan fingerprint density at radius 3 is 2.54 bits per heavy atom. The van der Waals surface area contributed by atoms with Crippen molar-refractivity contribution in [3.63, 3.8) is 0 Å². The van der Waals surface area contributed by atoms with Crippen molar-refractivity contribution in [2.45, 2.75) is 19.4 Å². The van der Waals surface area contributed by atoms with E-state index in [0.29, 0.717) is 0 Å².